The normalized spacial score (nSPS) is 15.6. The fourth-order valence-corrected chi connectivity index (χ4v) is 3.36. The molecule has 1 aromatic carbocycles. The van der Waals surface area contributed by atoms with Crippen LogP contribution >= 0.6 is 0 Å². The largest absolute Gasteiger partial charge is 0.380 e. The number of aryl methyl sites for hydroxylation is 1. The van der Waals surface area contributed by atoms with Gasteiger partial charge in [0, 0.05) is 53.4 Å². The molecule has 0 saturated carbocycles. The molecule has 8 heteroatoms. The molecule has 0 bridgehead atoms. The summed E-state index contributed by atoms with van der Waals surface area (Å²) in [6, 6.07) is 2.84. The molecule has 1 heterocycles. The highest BCUT2D eigenvalue weighted by Gasteiger charge is 2.25. The van der Waals surface area contributed by atoms with E-state index in [9.17, 15) is 18.9 Å². The molecule has 6 nitrogen and oxygen atoms in total. The summed E-state index contributed by atoms with van der Waals surface area (Å²) < 4.78 is 29.9. The van der Waals surface area contributed by atoms with E-state index in [1.807, 2.05) is 34.6 Å². The first-order valence-electron chi connectivity index (χ1n) is 11.3. The number of aromatic nitrogens is 2. The van der Waals surface area contributed by atoms with E-state index in [4.69, 9.17) is 0 Å². The zero-order valence-corrected chi connectivity index (χ0v) is 20.6. The van der Waals surface area contributed by atoms with Crippen LogP contribution in [-0.4, -0.2) is 20.7 Å². The SMILES string of the molecule is CC.Cn1cc(C#CC(C)(C)C)c(C2=C(NCc3c(F)cccc3F)C=CC([N+](=O)[O-])CC2)n1. The molecule has 0 amide bonds. The molecule has 0 saturated heterocycles. The lowest BCUT2D eigenvalue weighted by Crippen LogP contribution is -2.16. The molecule has 1 atom stereocenters. The van der Waals surface area contributed by atoms with E-state index < -0.39 is 17.7 Å². The van der Waals surface area contributed by atoms with Crippen LogP contribution in [0.5, 0.6) is 0 Å². The number of benzene rings is 1. The Hall–Kier alpha value is -3.47. The molecule has 0 spiro atoms. The van der Waals surface area contributed by atoms with Crippen molar-refractivity contribution in [3.8, 4) is 11.8 Å². The summed E-state index contributed by atoms with van der Waals surface area (Å²) in [7, 11) is 1.78. The van der Waals surface area contributed by atoms with Crippen LogP contribution in [0.1, 0.15) is 64.3 Å². The van der Waals surface area contributed by atoms with E-state index in [1.165, 1.54) is 24.3 Å². The van der Waals surface area contributed by atoms with Crippen LogP contribution in [0, 0.1) is 39.0 Å². The predicted molar refractivity (Wildman–Crippen MR) is 130 cm³/mol. The van der Waals surface area contributed by atoms with E-state index in [1.54, 1.807) is 24.0 Å². The average Bonchev–Trinajstić information content (AvgIpc) is 3.00. The third-order valence-electron chi connectivity index (χ3n) is 4.98. The lowest BCUT2D eigenvalue weighted by Gasteiger charge is -2.14. The molecule has 1 aromatic heterocycles. The van der Waals surface area contributed by atoms with Crippen molar-refractivity contribution in [1.82, 2.24) is 15.1 Å². The Bertz CT molecular complexity index is 1130. The summed E-state index contributed by atoms with van der Waals surface area (Å²) >= 11 is 0. The second-order valence-electron chi connectivity index (χ2n) is 8.76. The van der Waals surface area contributed by atoms with E-state index in [0.717, 1.165) is 5.57 Å². The molecule has 1 unspecified atom stereocenters. The number of allylic oxidation sites excluding steroid dienone is 2. The highest BCUT2D eigenvalue weighted by atomic mass is 19.1. The minimum absolute atomic E-state index is 0.100. The van der Waals surface area contributed by atoms with Crippen LogP contribution in [0.25, 0.3) is 5.57 Å². The minimum atomic E-state index is -0.859. The van der Waals surface area contributed by atoms with Crippen LogP contribution in [0.3, 0.4) is 0 Å². The Kier molecular flexibility index (Phi) is 9.13. The second kappa shape index (κ2) is 11.6. The lowest BCUT2D eigenvalue weighted by molar-refractivity contribution is -0.509. The highest BCUT2D eigenvalue weighted by molar-refractivity contribution is 5.73. The van der Waals surface area contributed by atoms with Crippen molar-refractivity contribution in [2.45, 2.75) is 60.0 Å². The average molecular weight is 471 g/mol. The maximum atomic E-state index is 14.1. The van der Waals surface area contributed by atoms with E-state index in [-0.39, 0.29) is 28.9 Å². The third-order valence-corrected chi connectivity index (χ3v) is 4.98. The van der Waals surface area contributed by atoms with E-state index in [2.05, 4.69) is 22.3 Å². The van der Waals surface area contributed by atoms with Gasteiger partial charge in [0.05, 0.1) is 5.56 Å². The van der Waals surface area contributed by atoms with Crippen molar-refractivity contribution in [2.24, 2.45) is 12.5 Å². The molecule has 3 rings (SSSR count). The van der Waals surface area contributed by atoms with Gasteiger partial charge in [-0.1, -0.05) is 31.8 Å². The van der Waals surface area contributed by atoms with Gasteiger partial charge in [-0.05, 0) is 51.5 Å². The molecule has 0 radical (unpaired) electrons. The molecule has 2 aromatic rings. The summed E-state index contributed by atoms with van der Waals surface area (Å²) in [5.74, 6) is 5.04. The van der Waals surface area contributed by atoms with E-state index in [0.29, 0.717) is 23.4 Å². The smallest absolute Gasteiger partial charge is 0.231 e. The Morgan fingerprint density at radius 1 is 1.26 bits per heavy atom. The number of hydrogen-bond donors (Lipinski definition) is 1. The molecule has 34 heavy (non-hydrogen) atoms. The summed E-state index contributed by atoms with van der Waals surface area (Å²) in [4.78, 5) is 11.0. The maximum Gasteiger partial charge on any atom is 0.231 e. The van der Waals surface area contributed by atoms with Gasteiger partial charge in [-0.3, -0.25) is 14.8 Å². The van der Waals surface area contributed by atoms with Gasteiger partial charge < -0.3 is 5.32 Å². The van der Waals surface area contributed by atoms with Gasteiger partial charge in [-0.2, -0.15) is 5.10 Å². The number of nitrogens with one attached hydrogen (secondary N) is 1. The quantitative estimate of drug-likeness (QED) is 0.350. The topological polar surface area (TPSA) is 73.0 Å². The summed E-state index contributed by atoms with van der Waals surface area (Å²) in [5, 5.41) is 19.0. The first kappa shape index (κ1) is 26.8. The van der Waals surface area contributed by atoms with Gasteiger partial charge in [0.1, 0.15) is 17.3 Å². The molecule has 182 valence electrons. The lowest BCUT2D eigenvalue weighted by atomic mass is 9.96. The number of rotatable bonds is 5. The fourth-order valence-electron chi connectivity index (χ4n) is 3.36. The van der Waals surface area contributed by atoms with Crippen LogP contribution in [0.4, 0.5) is 8.78 Å². The first-order chi connectivity index (χ1) is 16.0. The number of nitro groups is 1. The second-order valence-corrected chi connectivity index (χ2v) is 8.76. The first-order valence-corrected chi connectivity index (χ1v) is 11.3. The zero-order chi connectivity index (χ0) is 25.5. The molecule has 0 fully saturated rings. The standard InChI is InChI=1S/C24H26F2N4O2.C2H6/c1-24(2,3)13-12-16-15-29(4)28-23(16)18-10-8-17(30(31)32)9-11-22(18)27-14-19-20(25)6-5-7-21(19)26;1-2/h5-7,9,11,15,17,27H,8,10,14H2,1-4H3;1-2H3. The predicted octanol–water partition coefficient (Wildman–Crippen LogP) is 5.62. The Morgan fingerprint density at radius 3 is 2.50 bits per heavy atom. The summed E-state index contributed by atoms with van der Waals surface area (Å²) in [6.45, 7) is 9.89. The summed E-state index contributed by atoms with van der Waals surface area (Å²) in [5.41, 5.74) is 2.24. The molecular weight excluding hydrogens is 438 g/mol. The van der Waals surface area contributed by atoms with Crippen molar-refractivity contribution in [3.63, 3.8) is 0 Å². The maximum absolute atomic E-state index is 14.1. The van der Waals surface area contributed by atoms with Crippen molar-refractivity contribution in [2.75, 3.05) is 0 Å². The van der Waals surface area contributed by atoms with Crippen molar-refractivity contribution in [1.29, 1.82) is 0 Å². The highest BCUT2D eigenvalue weighted by Crippen LogP contribution is 2.29. The Labute approximate surface area is 199 Å². The van der Waals surface area contributed by atoms with Crippen molar-refractivity contribution in [3.05, 3.63) is 80.8 Å². The molecule has 1 aliphatic rings. The van der Waals surface area contributed by atoms with Gasteiger partial charge in [0.2, 0.25) is 6.04 Å². The van der Waals surface area contributed by atoms with Crippen LogP contribution in [0.2, 0.25) is 0 Å². The summed E-state index contributed by atoms with van der Waals surface area (Å²) in [6.07, 6.45) is 5.54. The monoisotopic (exact) mass is 470 g/mol. The molecule has 1 N–H and O–H groups in total. The van der Waals surface area contributed by atoms with Crippen LogP contribution in [-0.2, 0) is 13.6 Å². The fraction of sp³-hybridized carbons (Fsp3) is 0.423. The zero-order valence-electron chi connectivity index (χ0n) is 20.6. The Balaban J connectivity index is 0.00000199. The molecule has 0 aliphatic heterocycles. The molecular formula is C26H32F2N4O2. The molecule has 1 aliphatic carbocycles. The Morgan fingerprint density at radius 2 is 1.91 bits per heavy atom. The van der Waals surface area contributed by atoms with E-state index >= 15 is 0 Å². The number of halogens is 2. The van der Waals surface area contributed by atoms with Crippen LogP contribution in [0.15, 0.2) is 42.2 Å². The van der Waals surface area contributed by atoms with Crippen LogP contribution < -0.4 is 5.32 Å². The van der Waals surface area contributed by atoms with Crippen molar-refractivity contribution < 1.29 is 13.7 Å². The number of hydrogen-bond acceptors (Lipinski definition) is 4. The van der Waals surface area contributed by atoms with Gasteiger partial charge in [0.25, 0.3) is 0 Å². The number of nitrogens with zero attached hydrogens (tertiary/aromatic N) is 3. The minimum Gasteiger partial charge on any atom is -0.380 e. The van der Waals surface area contributed by atoms with Gasteiger partial charge in [-0.15, -0.1) is 0 Å². The third kappa shape index (κ3) is 7.01. The van der Waals surface area contributed by atoms with Gasteiger partial charge in [0.15, 0.2) is 0 Å². The van der Waals surface area contributed by atoms with Gasteiger partial charge >= 0.3 is 0 Å². The van der Waals surface area contributed by atoms with Crippen molar-refractivity contribution >= 4 is 5.57 Å². The van der Waals surface area contributed by atoms with Gasteiger partial charge in [-0.25, -0.2) is 8.78 Å².